The normalized spacial score (nSPS) is 29.6. The number of halogens is 2. The number of hydrogen-bond donors (Lipinski definition) is 0. The first kappa shape index (κ1) is 26.7. The van der Waals surface area contributed by atoms with Crippen LogP contribution in [0.4, 0.5) is 8.78 Å². The summed E-state index contributed by atoms with van der Waals surface area (Å²) < 4.78 is 43.1. The summed E-state index contributed by atoms with van der Waals surface area (Å²) in [5.41, 5.74) is 1.61. The number of nitrogens with zero attached hydrogens (tertiary/aromatic N) is 5. The van der Waals surface area contributed by atoms with Crippen LogP contribution in [0, 0.1) is 5.92 Å². The number of ether oxygens (including phenoxy) is 2. The van der Waals surface area contributed by atoms with E-state index in [9.17, 15) is 13.9 Å². The molecular weight excluding hydrogens is 476 g/mol. The molecule has 2 aromatic heterocycles. The van der Waals surface area contributed by atoms with E-state index in [2.05, 4.69) is 10.1 Å². The molecule has 196 valence electrons. The molecular formula is C24H36F2N5O3S-. The van der Waals surface area contributed by atoms with Gasteiger partial charge in [0, 0.05) is 24.9 Å². The Morgan fingerprint density at radius 1 is 1.34 bits per heavy atom. The predicted molar refractivity (Wildman–Crippen MR) is 129 cm³/mol. The van der Waals surface area contributed by atoms with Gasteiger partial charge in [0.1, 0.15) is 17.5 Å². The summed E-state index contributed by atoms with van der Waals surface area (Å²) in [5, 5.41) is 17.8. The second-order valence-corrected chi connectivity index (χ2v) is 11.3. The van der Waals surface area contributed by atoms with Gasteiger partial charge in [0.25, 0.3) is 5.92 Å². The van der Waals surface area contributed by atoms with Crippen molar-refractivity contribution in [2.45, 2.75) is 74.7 Å². The first-order valence-corrected chi connectivity index (χ1v) is 13.3. The lowest BCUT2D eigenvalue weighted by Gasteiger charge is -2.38. The fourth-order valence-corrected chi connectivity index (χ4v) is 5.74. The van der Waals surface area contributed by atoms with Crippen LogP contribution >= 0.6 is 11.8 Å². The van der Waals surface area contributed by atoms with Crippen molar-refractivity contribution < 1.29 is 23.4 Å². The zero-order valence-electron chi connectivity index (χ0n) is 21.3. The number of alkyl halides is 2. The van der Waals surface area contributed by atoms with Crippen LogP contribution < -0.4 is 5.11 Å². The molecule has 2 fully saturated rings. The van der Waals surface area contributed by atoms with E-state index in [1.54, 1.807) is 4.52 Å². The Balaban J connectivity index is 1.60. The van der Waals surface area contributed by atoms with E-state index in [1.807, 2.05) is 49.2 Å². The van der Waals surface area contributed by atoms with Gasteiger partial charge in [-0.25, -0.2) is 18.3 Å². The maximum atomic E-state index is 14.4. The summed E-state index contributed by atoms with van der Waals surface area (Å²) in [5.74, 6) is -4.52. The fourth-order valence-electron chi connectivity index (χ4n) is 5.23. The topological polar surface area (TPSA) is 78.2 Å². The van der Waals surface area contributed by atoms with Gasteiger partial charge in [-0.15, -0.1) is 11.8 Å². The molecule has 0 saturated carbocycles. The summed E-state index contributed by atoms with van der Waals surface area (Å²) in [6.45, 7) is 5.75. The molecule has 0 N–H and O–H groups in total. The van der Waals surface area contributed by atoms with Crippen LogP contribution in [0.15, 0.2) is 23.5 Å². The van der Waals surface area contributed by atoms with Crippen LogP contribution in [-0.2, 0) is 9.47 Å². The molecule has 0 aliphatic carbocycles. The van der Waals surface area contributed by atoms with Crippen LogP contribution in [-0.4, -0.2) is 94.3 Å². The third-order valence-electron chi connectivity index (χ3n) is 6.88. The Labute approximate surface area is 210 Å². The molecule has 8 nitrogen and oxygen atoms in total. The molecule has 0 bridgehead atoms. The van der Waals surface area contributed by atoms with E-state index in [1.165, 1.54) is 31.9 Å². The minimum absolute atomic E-state index is 0.142. The van der Waals surface area contributed by atoms with Gasteiger partial charge in [0.05, 0.1) is 30.0 Å². The second-order valence-electron chi connectivity index (χ2n) is 10.5. The van der Waals surface area contributed by atoms with Gasteiger partial charge < -0.3 is 19.5 Å². The molecule has 4 rings (SSSR count). The van der Waals surface area contributed by atoms with Gasteiger partial charge in [-0.2, -0.15) is 5.10 Å². The number of fused-ring (bicyclic) bond motifs is 1. The number of likely N-dealkylation sites (tertiary alicyclic amines) is 1. The standard InChI is InChI=1S/C24H36F2N5O3S/c1-15-19(12-30-13-24(25,26)11-16(30)9-10-29(4)5)33-21(20(15)34-23(2,3)32)17-7-8-18-22(35-6)27-14-28-31(17)18/h7-8,14-16,19-21H,9-13H2,1-6H3/q-1/t15-,16-,19-,20-,21+/m1/s1. The van der Waals surface area contributed by atoms with Crippen molar-refractivity contribution in [2.75, 3.05) is 40.0 Å². The van der Waals surface area contributed by atoms with Gasteiger partial charge in [-0.3, -0.25) is 4.90 Å². The maximum absolute atomic E-state index is 14.4. The molecule has 2 aliphatic rings. The number of thioether (sulfide) groups is 1. The van der Waals surface area contributed by atoms with Crippen molar-refractivity contribution in [3.63, 3.8) is 0 Å². The highest BCUT2D eigenvalue weighted by atomic mass is 32.2. The Bertz CT molecular complexity index is 1010. The highest BCUT2D eigenvalue weighted by Crippen LogP contribution is 2.43. The van der Waals surface area contributed by atoms with Crippen LogP contribution in [0.25, 0.3) is 5.52 Å². The monoisotopic (exact) mass is 512 g/mol. The summed E-state index contributed by atoms with van der Waals surface area (Å²) in [6.07, 6.45) is 2.50. The maximum Gasteiger partial charge on any atom is 0.262 e. The Morgan fingerprint density at radius 2 is 2.09 bits per heavy atom. The van der Waals surface area contributed by atoms with Gasteiger partial charge in [0.2, 0.25) is 0 Å². The Hall–Kier alpha value is -1.37. The highest BCUT2D eigenvalue weighted by molar-refractivity contribution is 7.98. The van der Waals surface area contributed by atoms with Crippen molar-refractivity contribution >= 4 is 17.3 Å². The summed E-state index contributed by atoms with van der Waals surface area (Å²) in [4.78, 5) is 8.20. The van der Waals surface area contributed by atoms with Gasteiger partial charge in [0.15, 0.2) is 0 Å². The fraction of sp³-hybridized carbons (Fsp3) is 0.750. The van der Waals surface area contributed by atoms with Gasteiger partial charge in [-0.1, -0.05) is 20.8 Å². The van der Waals surface area contributed by atoms with Gasteiger partial charge >= 0.3 is 0 Å². The molecule has 2 aliphatic heterocycles. The first-order valence-electron chi connectivity index (χ1n) is 12.1. The van der Waals surface area contributed by atoms with E-state index < -0.39 is 23.9 Å². The lowest BCUT2D eigenvalue weighted by Crippen LogP contribution is -2.46. The molecule has 0 unspecified atom stereocenters. The number of hydrogen-bond acceptors (Lipinski definition) is 8. The zero-order valence-corrected chi connectivity index (χ0v) is 22.1. The van der Waals surface area contributed by atoms with Crippen molar-refractivity contribution in [2.24, 2.45) is 5.92 Å². The smallest absolute Gasteiger partial charge is 0.262 e. The van der Waals surface area contributed by atoms with E-state index in [0.717, 1.165) is 22.8 Å². The number of rotatable bonds is 9. The quantitative estimate of drug-likeness (QED) is 0.375. The average molecular weight is 513 g/mol. The van der Waals surface area contributed by atoms with E-state index in [-0.39, 0.29) is 31.0 Å². The van der Waals surface area contributed by atoms with Crippen molar-refractivity contribution in [3.8, 4) is 0 Å². The lowest BCUT2D eigenvalue weighted by molar-refractivity contribution is -0.550. The predicted octanol–water partition coefficient (Wildman–Crippen LogP) is 2.67. The molecule has 0 spiro atoms. The van der Waals surface area contributed by atoms with Crippen molar-refractivity contribution in [1.82, 2.24) is 24.4 Å². The van der Waals surface area contributed by atoms with Crippen LogP contribution in [0.2, 0.25) is 0 Å². The molecule has 35 heavy (non-hydrogen) atoms. The number of aromatic nitrogens is 3. The van der Waals surface area contributed by atoms with Crippen LogP contribution in [0.1, 0.15) is 45.4 Å². The highest BCUT2D eigenvalue weighted by Gasteiger charge is 2.50. The SMILES string of the molecule is CSc1ncnn2c([C@@H]3O[C@H](CN4CC(F)(F)C[C@H]4CCN(C)C)[C@@H](C)[C@H]3OC(C)(C)[O-])ccc12. The minimum atomic E-state index is -2.71. The minimum Gasteiger partial charge on any atom is -0.829 e. The van der Waals surface area contributed by atoms with Crippen molar-refractivity contribution in [3.05, 3.63) is 24.2 Å². The van der Waals surface area contributed by atoms with Crippen LogP contribution in [0.5, 0.6) is 0 Å². The molecule has 0 amide bonds. The van der Waals surface area contributed by atoms with E-state index in [0.29, 0.717) is 13.0 Å². The second kappa shape index (κ2) is 10.2. The third kappa shape index (κ3) is 5.97. The zero-order chi connectivity index (χ0) is 25.5. The Kier molecular flexibility index (Phi) is 7.76. The summed E-state index contributed by atoms with van der Waals surface area (Å²) >= 11 is 1.52. The largest absolute Gasteiger partial charge is 0.829 e. The molecule has 0 radical (unpaired) electrons. The van der Waals surface area contributed by atoms with Crippen LogP contribution in [0.3, 0.4) is 0 Å². The molecule has 2 saturated heterocycles. The summed E-state index contributed by atoms with van der Waals surface area (Å²) in [6, 6.07) is 3.63. The molecule has 4 heterocycles. The first-order chi connectivity index (χ1) is 16.4. The third-order valence-corrected chi connectivity index (χ3v) is 7.59. The molecule has 2 aromatic rings. The molecule has 0 aromatic carbocycles. The molecule has 11 heteroatoms. The Morgan fingerprint density at radius 3 is 2.74 bits per heavy atom. The molecule has 5 atom stereocenters. The van der Waals surface area contributed by atoms with E-state index >= 15 is 0 Å². The van der Waals surface area contributed by atoms with Crippen molar-refractivity contribution in [1.29, 1.82) is 0 Å². The lowest BCUT2D eigenvalue weighted by atomic mass is 9.96. The van der Waals surface area contributed by atoms with Gasteiger partial charge in [-0.05, 0) is 51.2 Å². The van der Waals surface area contributed by atoms with E-state index in [4.69, 9.17) is 9.47 Å². The summed E-state index contributed by atoms with van der Waals surface area (Å²) in [7, 11) is 3.90. The average Bonchev–Trinajstić information content (AvgIpc) is 3.40.